The van der Waals surface area contributed by atoms with Crippen LogP contribution in [0.15, 0.2) is 52.6 Å². The molecule has 0 aliphatic heterocycles. The molecule has 2 bridgehead atoms. The second-order valence-corrected chi connectivity index (χ2v) is 10.1. The number of nitrogens with one attached hydrogen (secondary N) is 1. The van der Waals surface area contributed by atoms with E-state index in [0.717, 1.165) is 42.6 Å². The Kier molecular flexibility index (Phi) is 3.25. The van der Waals surface area contributed by atoms with Gasteiger partial charge < -0.3 is 9.73 Å². The van der Waals surface area contributed by atoms with Crippen molar-refractivity contribution in [2.45, 2.75) is 50.5 Å². The summed E-state index contributed by atoms with van der Waals surface area (Å²) in [4.78, 5) is 21.9. The van der Waals surface area contributed by atoms with Crippen molar-refractivity contribution in [1.82, 2.24) is 25.5 Å². The van der Waals surface area contributed by atoms with Gasteiger partial charge in [0.2, 0.25) is 11.8 Å². The number of carbonyl (C=O) groups is 1. The van der Waals surface area contributed by atoms with Crippen molar-refractivity contribution in [3.63, 3.8) is 0 Å². The molecular formula is C25H23N5O2. The summed E-state index contributed by atoms with van der Waals surface area (Å²) < 4.78 is 6.24. The number of hydrogen-bond donors (Lipinski definition) is 1. The second kappa shape index (κ2) is 5.71. The summed E-state index contributed by atoms with van der Waals surface area (Å²) in [7, 11) is 0. The zero-order valence-corrected chi connectivity index (χ0v) is 18.1. The second-order valence-electron chi connectivity index (χ2n) is 10.1. The van der Waals surface area contributed by atoms with Crippen molar-refractivity contribution < 1.29 is 9.21 Å². The van der Waals surface area contributed by atoms with Crippen LogP contribution in [0.25, 0.3) is 11.5 Å². The molecule has 1 spiro atoms. The molecule has 4 aliphatic carbocycles. The van der Waals surface area contributed by atoms with Gasteiger partial charge in [0.25, 0.3) is 5.91 Å². The van der Waals surface area contributed by atoms with Gasteiger partial charge in [0.15, 0.2) is 0 Å². The highest BCUT2D eigenvalue weighted by molar-refractivity contribution is 5.93. The molecule has 4 atom stereocenters. The Morgan fingerprint density at radius 1 is 1.12 bits per heavy atom. The van der Waals surface area contributed by atoms with Gasteiger partial charge in [-0.25, -0.2) is 4.98 Å². The highest BCUT2D eigenvalue weighted by Gasteiger charge is 2.82. The van der Waals surface area contributed by atoms with E-state index in [-0.39, 0.29) is 22.3 Å². The highest BCUT2D eigenvalue weighted by atomic mass is 16.4. The number of aromatic nitrogens is 4. The van der Waals surface area contributed by atoms with Crippen LogP contribution in [0.2, 0.25) is 0 Å². The van der Waals surface area contributed by atoms with Gasteiger partial charge in [0, 0.05) is 23.0 Å². The van der Waals surface area contributed by atoms with Gasteiger partial charge in [-0.15, -0.1) is 10.2 Å². The lowest BCUT2D eigenvalue weighted by atomic mass is 9.41. The van der Waals surface area contributed by atoms with E-state index in [0.29, 0.717) is 23.4 Å². The van der Waals surface area contributed by atoms with Crippen molar-refractivity contribution in [3.8, 4) is 11.5 Å². The molecule has 7 nitrogen and oxygen atoms in total. The first-order valence-corrected chi connectivity index (χ1v) is 11.2. The third kappa shape index (κ3) is 2.09. The van der Waals surface area contributed by atoms with E-state index in [1.165, 1.54) is 5.57 Å². The zero-order chi connectivity index (χ0) is 21.7. The van der Waals surface area contributed by atoms with Crippen LogP contribution in [-0.4, -0.2) is 31.6 Å². The topological polar surface area (TPSA) is 93.8 Å². The smallest absolute Gasteiger partial charge is 0.270 e. The standard InChI is InChI=1S/C25H23N5O2/c1-14-6-7-16(11-26-14)21-29-30-22(32-21)23-9-17-8-18-10-24(12-23,25(17,18)13-23)28-20(31)19-5-3-4-15(2)27-19/h3-8,11,17H,9-10,12-13H2,1-2H3,(H,28,31). The van der Waals surface area contributed by atoms with Gasteiger partial charge in [0.1, 0.15) is 5.69 Å². The van der Waals surface area contributed by atoms with E-state index in [2.05, 4.69) is 31.6 Å². The van der Waals surface area contributed by atoms with E-state index in [1.54, 1.807) is 12.3 Å². The number of fused-ring (bicyclic) bond motifs is 1. The average molecular weight is 425 g/mol. The van der Waals surface area contributed by atoms with E-state index in [4.69, 9.17) is 4.42 Å². The van der Waals surface area contributed by atoms with Gasteiger partial charge in [0.05, 0.1) is 16.5 Å². The number of hydrogen-bond acceptors (Lipinski definition) is 6. The molecule has 0 saturated heterocycles. The Bertz CT molecular complexity index is 1330. The fourth-order valence-corrected chi connectivity index (χ4v) is 7.08. The van der Waals surface area contributed by atoms with Crippen LogP contribution in [-0.2, 0) is 5.41 Å². The van der Waals surface area contributed by atoms with Crippen molar-refractivity contribution in [1.29, 1.82) is 0 Å². The maximum absolute atomic E-state index is 13.1. The fraction of sp³-hybridized carbons (Fsp3) is 0.400. The number of amides is 1. The summed E-state index contributed by atoms with van der Waals surface area (Å²) in [5.74, 6) is 1.57. The van der Waals surface area contributed by atoms with Gasteiger partial charge in [-0.1, -0.05) is 17.7 Å². The average Bonchev–Trinajstić information content (AvgIpc) is 3.43. The molecule has 32 heavy (non-hydrogen) atoms. The Morgan fingerprint density at radius 3 is 2.81 bits per heavy atom. The monoisotopic (exact) mass is 425 g/mol. The van der Waals surface area contributed by atoms with Crippen LogP contribution in [0.5, 0.6) is 0 Å². The van der Waals surface area contributed by atoms with Crippen molar-refractivity contribution >= 4 is 5.91 Å². The molecule has 160 valence electrons. The van der Waals surface area contributed by atoms with E-state index in [9.17, 15) is 4.79 Å². The fourth-order valence-electron chi connectivity index (χ4n) is 7.08. The highest BCUT2D eigenvalue weighted by Crippen LogP contribution is 2.83. The molecule has 3 aromatic heterocycles. The summed E-state index contributed by atoms with van der Waals surface area (Å²) >= 11 is 0. The minimum absolute atomic E-state index is 0.0481. The van der Waals surface area contributed by atoms with E-state index in [1.807, 2.05) is 38.1 Å². The summed E-state index contributed by atoms with van der Waals surface area (Å²) in [6, 6.07) is 9.48. The summed E-state index contributed by atoms with van der Waals surface area (Å²) in [5.41, 5.74) is 4.20. The molecule has 0 aromatic carbocycles. The molecule has 0 radical (unpaired) electrons. The maximum Gasteiger partial charge on any atom is 0.270 e. The molecule has 3 fully saturated rings. The normalized spacial score (nSPS) is 33.2. The summed E-state index contributed by atoms with van der Waals surface area (Å²) in [5, 5.41) is 12.3. The van der Waals surface area contributed by atoms with Crippen LogP contribution >= 0.6 is 0 Å². The quantitative estimate of drug-likeness (QED) is 0.641. The number of aryl methyl sites for hydroxylation is 2. The van der Waals surface area contributed by atoms with Gasteiger partial charge in [-0.3, -0.25) is 9.78 Å². The largest absolute Gasteiger partial charge is 0.420 e. The molecule has 7 heteroatoms. The number of rotatable bonds is 4. The molecule has 1 amide bonds. The lowest BCUT2D eigenvalue weighted by Crippen LogP contribution is -2.72. The van der Waals surface area contributed by atoms with Gasteiger partial charge in [-0.05, 0) is 69.7 Å². The first-order chi connectivity index (χ1) is 15.4. The van der Waals surface area contributed by atoms with Gasteiger partial charge in [-0.2, -0.15) is 0 Å². The Labute approximate surface area is 185 Å². The van der Waals surface area contributed by atoms with Crippen LogP contribution in [0.4, 0.5) is 0 Å². The molecule has 4 aliphatic rings. The van der Waals surface area contributed by atoms with Crippen molar-refractivity contribution in [3.05, 3.63) is 71.2 Å². The lowest BCUT2D eigenvalue weighted by Gasteiger charge is -2.66. The van der Waals surface area contributed by atoms with Crippen LogP contribution in [0.3, 0.4) is 0 Å². The molecule has 3 saturated carbocycles. The Balaban J connectivity index is 1.22. The van der Waals surface area contributed by atoms with E-state index >= 15 is 0 Å². The van der Waals surface area contributed by atoms with Crippen molar-refractivity contribution in [2.75, 3.05) is 0 Å². The predicted molar refractivity (Wildman–Crippen MR) is 116 cm³/mol. The SMILES string of the molecule is Cc1ccc(-c2nnc(C34CC5C=C6CC(NC(=O)c7cccc(C)n7)(C3)C65C4)o2)cn1. The molecular weight excluding hydrogens is 402 g/mol. The first-order valence-electron chi connectivity index (χ1n) is 11.2. The Hall–Kier alpha value is -3.35. The van der Waals surface area contributed by atoms with Gasteiger partial charge >= 0.3 is 0 Å². The van der Waals surface area contributed by atoms with Crippen LogP contribution in [0.1, 0.15) is 53.5 Å². The minimum Gasteiger partial charge on any atom is -0.420 e. The van der Waals surface area contributed by atoms with Crippen LogP contribution < -0.4 is 5.32 Å². The number of allylic oxidation sites excluding steroid dienone is 1. The minimum atomic E-state index is -0.247. The molecule has 1 N–H and O–H groups in total. The third-order valence-electron chi connectivity index (χ3n) is 8.33. The Morgan fingerprint density at radius 2 is 2.03 bits per heavy atom. The number of nitrogens with zero attached hydrogens (tertiary/aromatic N) is 4. The maximum atomic E-state index is 13.1. The number of pyridine rings is 2. The van der Waals surface area contributed by atoms with E-state index < -0.39 is 0 Å². The zero-order valence-electron chi connectivity index (χ0n) is 18.1. The van der Waals surface area contributed by atoms with Crippen LogP contribution in [0, 0.1) is 25.2 Å². The summed E-state index contributed by atoms with van der Waals surface area (Å²) in [6.07, 6.45) is 7.88. The molecule has 4 unspecified atom stereocenters. The molecule has 3 heterocycles. The third-order valence-corrected chi connectivity index (χ3v) is 8.33. The predicted octanol–water partition coefficient (Wildman–Crippen LogP) is 3.69. The summed E-state index contributed by atoms with van der Waals surface area (Å²) in [6.45, 7) is 3.86. The number of carbonyl (C=O) groups excluding carboxylic acids is 1. The van der Waals surface area contributed by atoms with Crippen molar-refractivity contribution in [2.24, 2.45) is 11.3 Å². The molecule has 3 aromatic rings. The first kappa shape index (κ1) is 18.2. The lowest BCUT2D eigenvalue weighted by molar-refractivity contribution is -0.00441. The molecule has 7 rings (SSSR count).